The standard InChI is InChI=1S/C16H25N3O2/c1-21-15-4-2-3-14(9-15)19-16(20)18-11-13-7-5-12(10-17)6-8-13/h2-4,9,12-13H,5-8,10-11,17H2,1H3,(H2,18,19,20). The summed E-state index contributed by atoms with van der Waals surface area (Å²) >= 11 is 0. The lowest BCUT2D eigenvalue weighted by Gasteiger charge is -2.27. The molecule has 0 aliphatic heterocycles. The van der Waals surface area contributed by atoms with Crippen molar-refractivity contribution in [3.8, 4) is 5.75 Å². The molecule has 1 aromatic carbocycles. The Bertz CT molecular complexity index is 457. The van der Waals surface area contributed by atoms with E-state index in [1.54, 1.807) is 13.2 Å². The highest BCUT2D eigenvalue weighted by atomic mass is 16.5. The van der Waals surface area contributed by atoms with Crippen molar-refractivity contribution in [2.75, 3.05) is 25.5 Å². The number of carbonyl (C=O) groups is 1. The van der Waals surface area contributed by atoms with E-state index in [0.29, 0.717) is 11.8 Å². The molecule has 21 heavy (non-hydrogen) atoms. The maximum atomic E-state index is 11.9. The van der Waals surface area contributed by atoms with Crippen molar-refractivity contribution in [1.82, 2.24) is 5.32 Å². The van der Waals surface area contributed by atoms with Crippen LogP contribution in [0.1, 0.15) is 25.7 Å². The SMILES string of the molecule is COc1cccc(NC(=O)NCC2CCC(CN)CC2)c1. The van der Waals surface area contributed by atoms with Gasteiger partial charge in [0.25, 0.3) is 0 Å². The van der Waals surface area contributed by atoms with Crippen molar-refractivity contribution in [3.05, 3.63) is 24.3 Å². The molecule has 0 spiro atoms. The third-order valence-electron chi connectivity index (χ3n) is 4.18. The molecule has 1 fully saturated rings. The molecule has 1 aliphatic rings. The number of amides is 2. The van der Waals surface area contributed by atoms with Crippen molar-refractivity contribution in [2.24, 2.45) is 17.6 Å². The van der Waals surface area contributed by atoms with Crippen LogP contribution in [-0.4, -0.2) is 26.2 Å². The number of rotatable bonds is 5. The fourth-order valence-electron chi connectivity index (χ4n) is 2.78. The van der Waals surface area contributed by atoms with Crippen LogP contribution in [0, 0.1) is 11.8 Å². The zero-order valence-corrected chi connectivity index (χ0v) is 12.6. The third-order valence-corrected chi connectivity index (χ3v) is 4.18. The first-order valence-electron chi connectivity index (χ1n) is 7.60. The summed E-state index contributed by atoms with van der Waals surface area (Å²) in [5.74, 6) is 1.98. The summed E-state index contributed by atoms with van der Waals surface area (Å²) in [4.78, 5) is 11.9. The van der Waals surface area contributed by atoms with Crippen LogP contribution in [-0.2, 0) is 0 Å². The largest absolute Gasteiger partial charge is 0.497 e. The van der Waals surface area contributed by atoms with Gasteiger partial charge in [0.2, 0.25) is 0 Å². The van der Waals surface area contributed by atoms with Crippen LogP contribution in [0.3, 0.4) is 0 Å². The van der Waals surface area contributed by atoms with E-state index in [1.165, 1.54) is 12.8 Å². The van der Waals surface area contributed by atoms with Crippen molar-refractivity contribution >= 4 is 11.7 Å². The van der Waals surface area contributed by atoms with E-state index in [9.17, 15) is 4.79 Å². The van der Waals surface area contributed by atoms with Crippen molar-refractivity contribution in [3.63, 3.8) is 0 Å². The molecule has 4 N–H and O–H groups in total. The molecule has 116 valence electrons. The van der Waals surface area contributed by atoms with Gasteiger partial charge >= 0.3 is 6.03 Å². The third kappa shape index (κ3) is 4.93. The minimum Gasteiger partial charge on any atom is -0.497 e. The van der Waals surface area contributed by atoms with Gasteiger partial charge in [-0.1, -0.05) is 6.07 Å². The normalized spacial score (nSPS) is 21.6. The van der Waals surface area contributed by atoms with Crippen LogP contribution < -0.4 is 21.1 Å². The maximum Gasteiger partial charge on any atom is 0.319 e. The van der Waals surface area contributed by atoms with Gasteiger partial charge < -0.3 is 21.1 Å². The lowest BCUT2D eigenvalue weighted by Crippen LogP contribution is -2.35. The van der Waals surface area contributed by atoms with E-state index in [4.69, 9.17) is 10.5 Å². The predicted molar refractivity (Wildman–Crippen MR) is 84.5 cm³/mol. The Hall–Kier alpha value is -1.75. The highest BCUT2D eigenvalue weighted by molar-refractivity contribution is 5.89. The molecule has 0 saturated heterocycles. The number of benzene rings is 1. The molecular weight excluding hydrogens is 266 g/mol. The van der Waals surface area contributed by atoms with Gasteiger partial charge in [-0.15, -0.1) is 0 Å². The monoisotopic (exact) mass is 291 g/mol. The van der Waals surface area contributed by atoms with E-state index >= 15 is 0 Å². The van der Waals surface area contributed by atoms with Crippen LogP contribution >= 0.6 is 0 Å². The number of anilines is 1. The van der Waals surface area contributed by atoms with Crippen LogP contribution in [0.25, 0.3) is 0 Å². The first-order valence-corrected chi connectivity index (χ1v) is 7.60. The summed E-state index contributed by atoms with van der Waals surface area (Å²) in [6, 6.07) is 7.17. The average molecular weight is 291 g/mol. The first kappa shape index (κ1) is 15.6. The number of nitrogens with two attached hydrogens (primary N) is 1. The van der Waals surface area contributed by atoms with Gasteiger partial charge in [0, 0.05) is 18.3 Å². The zero-order valence-electron chi connectivity index (χ0n) is 12.6. The van der Waals surface area contributed by atoms with Gasteiger partial charge in [0.05, 0.1) is 7.11 Å². The molecule has 2 amide bonds. The summed E-state index contributed by atoms with van der Waals surface area (Å²) in [7, 11) is 1.61. The molecule has 1 aliphatic carbocycles. The Morgan fingerprint density at radius 1 is 1.29 bits per heavy atom. The molecule has 1 aromatic rings. The van der Waals surface area contributed by atoms with Gasteiger partial charge in [0.15, 0.2) is 0 Å². The topological polar surface area (TPSA) is 76.4 Å². The lowest BCUT2D eigenvalue weighted by atomic mass is 9.82. The molecule has 1 saturated carbocycles. The number of nitrogens with one attached hydrogen (secondary N) is 2. The molecule has 0 aromatic heterocycles. The minimum atomic E-state index is -0.163. The predicted octanol–water partition coefficient (Wildman–Crippen LogP) is 2.58. The van der Waals surface area contributed by atoms with Crippen LogP contribution in [0.15, 0.2) is 24.3 Å². The Labute approximate surface area is 126 Å². The van der Waals surface area contributed by atoms with Crippen LogP contribution in [0.5, 0.6) is 5.75 Å². The molecular formula is C16H25N3O2. The number of methoxy groups -OCH3 is 1. The number of carbonyl (C=O) groups excluding carboxylic acids is 1. The molecule has 0 atom stereocenters. The summed E-state index contributed by atoms with van der Waals surface area (Å²) in [5.41, 5.74) is 6.43. The summed E-state index contributed by atoms with van der Waals surface area (Å²) in [5, 5.41) is 5.78. The van der Waals surface area contributed by atoms with Gasteiger partial charge in [-0.25, -0.2) is 4.79 Å². The van der Waals surface area contributed by atoms with Gasteiger partial charge in [0.1, 0.15) is 5.75 Å². The molecule has 0 unspecified atom stereocenters. The molecule has 0 heterocycles. The smallest absolute Gasteiger partial charge is 0.319 e. The number of hydrogen-bond donors (Lipinski definition) is 3. The summed E-state index contributed by atoms with van der Waals surface area (Å²) in [6.07, 6.45) is 4.67. The van der Waals surface area contributed by atoms with E-state index < -0.39 is 0 Å². The zero-order chi connectivity index (χ0) is 15.1. The van der Waals surface area contributed by atoms with Crippen LogP contribution in [0.2, 0.25) is 0 Å². The van der Waals surface area contributed by atoms with Crippen molar-refractivity contribution < 1.29 is 9.53 Å². The molecule has 0 radical (unpaired) electrons. The highest BCUT2D eigenvalue weighted by Gasteiger charge is 2.20. The lowest BCUT2D eigenvalue weighted by molar-refractivity contribution is 0.241. The second-order valence-corrected chi connectivity index (χ2v) is 5.69. The first-order chi connectivity index (χ1) is 10.2. The quantitative estimate of drug-likeness (QED) is 0.780. The van der Waals surface area contributed by atoms with E-state index in [-0.39, 0.29) is 6.03 Å². The summed E-state index contributed by atoms with van der Waals surface area (Å²) < 4.78 is 5.13. The second kappa shape index (κ2) is 7.88. The highest BCUT2D eigenvalue weighted by Crippen LogP contribution is 2.27. The van der Waals surface area contributed by atoms with E-state index in [0.717, 1.165) is 37.4 Å². The molecule has 5 nitrogen and oxygen atoms in total. The van der Waals surface area contributed by atoms with Crippen LogP contribution in [0.4, 0.5) is 10.5 Å². The van der Waals surface area contributed by atoms with E-state index in [2.05, 4.69) is 10.6 Å². The Morgan fingerprint density at radius 2 is 2.00 bits per heavy atom. The maximum absolute atomic E-state index is 11.9. The number of hydrogen-bond acceptors (Lipinski definition) is 3. The Kier molecular flexibility index (Phi) is 5.87. The van der Waals surface area contributed by atoms with E-state index in [1.807, 2.05) is 18.2 Å². The molecule has 0 bridgehead atoms. The fourth-order valence-corrected chi connectivity index (χ4v) is 2.78. The Morgan fingerprint density at radius 3 is 2.67 bits per heavy atom. The second-order valence-electron chi connectivity index (χ2n) is 5.69. The number of ether oxygens (including phenoxy) is 1. The number of urea groups is 1. The summed E-state index contributed by atoms with van der Waals surface area (Å²) in [6.45, 7) is 1.52. The molecule has 5 heteroatoms. The van der Waals surface area contributed by atoms with Gasteiger partial charge in [-0.2, -0.15) is 0 Å². The molecule has 2 rings (SSSR count). The average Bonchev–Trinajstić information content (AvgIpc) is 2.53. The minimum absolute atomic E-state index is 0.163. The van der Waals surface area contributed by atoms with Gasteiger partial charge in [-0.3, -0.25) is 0 Å². The van der Waals surface area contributed by atoms with Crippen molar-refractivity contribution in [2.45, 2.75) is 25.7 Å². The van der Waals surface area contributed by atoms with Gasteiger partial charge in [-0.05, 0) is 56.2 Å². The fraction of sp³-hybridized carbons (Fsp3) is 0.562. The Balaban J connectivity index is 1.72. The van der Waals surface area contributed by atoms with Crippen molar-refractivity contribution in [1.29, 1.82) is 0 Å².